The number of nitrogens with zero attached hydrogens (tertiary/aromatic N) is 1. The second-order valence-corrected chi connectivity index (χ2v) is 10.6. The van der Waals surface area contributed by atoms with E-state index >= 15 is 0 Å². The van der Waals surface area contributed by atoms with Crippen LogP contribution < -0.4 is 9.46 Å². The lowest BCUT2D eigenvalue weighted by atomic mass is 10.0. The van der Waals surface area contributed by atoms with Crippen LogP contribution in [0.25, 0.3) is 0 Å². The van der Waals surface area contributed by atoms with Crippen molar-refractivity contribution in [2.45, 2.75) is 50.0 Å². The third kappa shape index (κ3) is 5.86. The lowest BCUT2D eigenvalue weighted by Gasteiger charge is -2.26. The predicted octanol–water partition coefficient (Wildman–Crippen LogP) is 4.57. The average molecular weight is 481 g/mol. The summed E-state index contributed by atoms with van der Waals surface area (Å²) < 4.78 is 39.4. The van der Waals surface area contributed by atoms with E-state index in [2.05, 4.69) is 4.72 Å². The number of benzene rings is 2. The zero-order valence-electron chi connectivity index (χ0n) is 18.8. The first kappa shape index (κ1) is 24.2. The third-order valence-electron chi connectivity index (χ3n) is 5.11. The van der Waals surface area contributed by atoms with Crippen molar-refractivity contribution in [3.05, 3.63) is 53.1 Å². The number of methoxy groups -OCH3 is 1. The Bertz CT molecular complexity index is 1080. The molecule has 0 atom stereocenters. The second kappa shape index (κ2) is 9.58. The molecule has 3 rings (SSSR count). The summed E-state index contributed by atoms with van der Waals surface area (Å²) in [5.74, 6) is 0.739. The summed E-state index contributed by atoms with van der Waals surface area (Å²) in [6, 6.07) is 10.0. The van der Waals surface area contributed by atoms with Crippen molar-refractivity contribution in [2.24, 2.45) is 0 Å². The number of amides is 1. The fraction of sp³-hybridized carbons (Fsp3) is 0.435. The molecule has 0 saturated carbocycles. The van der Waals surface area contributed by atoms with Gasteiger partial charge in [-0.25, -0.2) is 13.2 Å². The minimum Gasteiger partial charge on any atom is -0.495 e. The van der Waals surface area contributed by atoms with Crippen LogP contribution in [-0.2, 0) is 33.5 Å². The van der Waals surface area contributed by atoms with Gasteiger partial charge in [-0.1, -0.05) is 12.1 Å². The quantitative estimate of drug-likeness (QED) is 0.633. The summed E-state index contributed by atoms with van der Waals surface area (Å²) in [7, 11) is -2.31. The summed E-state index contributed by atoms with van der Waals surface area (Å²) in [5, 5.41) is 0. The Morgan fingerprint density at radius 1 is 1.09 bits per heavy atom. The van der Waals surface area contributed by atoms with E-state index in [1.54, 1.807) is 23.1 Å². The highest BCUT2D eigenvalue weighted by Crippen LogP contribution is 2.32. The Morgan fingerprint density at radius 2 is 1.69 bits per heavy atom. The molecule has 0 aromatic heterocycles. The first-order chi connectivity index (χ1) is 15.0. The fourth-order valence-electron chi connectivity index (χ4n) is 3.47. The highest BCUT2D eigenvalue weighted by molar-refractivity contribution is 7.92. The normalized spacial score (nSPS) is 14.3. The fourth-order valence-corrected chi connectivity index (χ4v) is 4.71. The molecule has 0 unspecified atom stereocenters. The molecule has 1 aliphatic heterocycles. The number of carbonyl (C=O) groups excluding carboxylic acids is 1. The number of halogens is 1. The van der Waals surface area contributed by atoms with E-state index in [4.69, 9.17) is 21.1 Å². The van der Waals surface area contributed by atoms with Crippen LogP contribution in [0.2, 0.25) is 0 Å². The third-order valence-corrected chi connectivity index (χ3v) is 6.80. The van der Waals surface area contributed by atoms with Gasteiger partial charge in [0, 0.05) is 19.0 Å². The minimum absolute atomic E-state index is 0.138. The first-order valence-corrected chi connectivity index (χ1v) is 12.4. The molecule has 0 aliphatic carbocycles. The zero-order chi connectivity index (χ0) is 23.5. The van der Waals surface area contributed by atoms with Gasteiger partial charge in [-0.15, -0.1) is 11.6 Å². The minimum atomic E-state index is -3.81. The van der Waals surface area contributed by atoms with Crippen molar-refractivity contribution in [1.82, 2.24) is 4.90 Å². The Labute approximate surface area is 194 Å². The first-order valence-electron chi connectivity index (χ1n) is 10.4. The smallest absolute Gasteiger partial charge is 0.410 e. The molecule has 9 heteroatoms. The van der Waals surface area contributed by atoms with Crippen LogP contribution in [0.15, 0.2) is 41.3 Å². The van der Waals surface area contributed by atoms with Crippen molar-refractivity contribution in [1.29, 1.82) is 0 Å². The summed E-state index contributed by atoms with van der Waals surface area (Å²) in [5.41, 5.74) is 2.61. The topological polar surface area (TPSA) is 84.9 Å². The molecule has 174 valence electrons. The van der Waals surface area contributed by atoms with Gasteiger partial charge in [-0.05, 0) is 74.6 Å². The Kier molecular flexibility index (Phi) is 7.25. The molecule has 0 bridgehead atoms. The molecule has 0 fully saturated rings. The van der Waals surface area contributed by atoms with Gasteiger partial charge >= 0.3 is 6.09 Å². The summed E-state index contributed by atoms with van der Waals surface area (Å²) in [4.78, 5) is 14.3. The molecule has 0 saturated heterocycles. The second-order valence-electron chi connectivity index (χ2n) is 8.67. The van der Waals surface area contributed by atoms with Crippen molar-refractivity contribution in [3.63, 3.8) is 0 Å². The molecular formula is C23H29ClN2O5S. The van der Waals surface area contributed by atoms with E-state index in [1.807, 2.05) is 26.8 Å². The van der Waals surface area contributed by atoms with Crippen LogP contribution in [0.5, 0.6) is 5.75 Å². The van der Waals surface area contributed by atoms with Gasteiger partial charge in [0.1, 0.15) is 11.4 Å². The van der Waals surface area contributed by atoms with E-state index < -0.39 is 15.6 Å². The standard InChI is InChI=1S/C23H29ClN2O5S/c1-23(2,3)31-22(27)26-11-9-17-13-20(21(30-4)14-18(17)10-12-26)25-32(28,29)19-7-5-16(15-24)6-8-19/h5-8,13-14,25H,9-12,15H2,1-4H3. The van der Waals surface area contributed by atoms with E-state index in [1.165, 1.54) is 19.2 Å². The van der Waals surface area contributed by atoms with Crippen LogP contribution >= 0.6 is 11.6 Å². The molecule has 1 amide bonds. The van der Waals surface area contributed by atoms with Gasteiger partial charge in [0.2, 0.25) is 0 Å². The number of hydrogen-bond acceptors (Lipinski definition) is 5. The number of nitrogens with one attached hydrogen (secondary N) is 1. The molecule has 2 aromatic carbocycles. The zero-order valence-corrected chi connectivity index (χ0v) is 20.3. The number of alkyl halides is 1. The maximum Gasteiger partial charge on any atom is 0.410 e. The van der Waals surface area contributed by atoms with E-state index in [9.17, 15) is 13.2 Å². The molecule has 1 aliphatic rings. The van der Waals surface area contributed by atoms with Crippen molar-refractivity contribution >= 4 is 33.4 Å². The number of fused-ring (bicyclic) bond motifs is 1. The molecular weight excluding hydrogens is 452 g/mol. The van der Waals surface area contributed by atoms with Crippen molar-refractivity contribution in [3.8, 4) is 5.75 Å². The van der Waals surface area contributed by atoms with E-state index in [-0.39, 0.29) is 11.0 Å². The summed E-state index contributed by atoms with van der Waals surface area (Å²) in [6.07, 6.45) is 0.855. The summed E-state index contributed by atoms with van der Waals surface area (Å²) in [6.45, 7) is 6.52. The number of hydrogen-bond donors (Lipinski definition) is 1. The van der Waals surface area contributed by atoms with Crippen LogP contribution in [0, 0.1) is 0 Å². The number of ether oxygens (including phenoxy) is 2. The average Bonchev–Trinajstić information content (AvgIpc) is 2.94. The Balaban J connectivity index is 1.83. The number of carbonyl (C=O) groups is 1. The number of sulfonamides is 1. The van der Waals surface area contributed by atoms with Gasteiger partial charge in [0.15, 0.2) is 0 Å². The number of anilines is 1. The van der Waals surface area contributed by atoms with Crippen molar-refractivity contribution < 1.29 is 22.7 Å². The van der Waals surface area contributed by atoms with Gasteiger partial charge in [0.25, 0.3) is 10.0 Å². The molecule has 7 nitrogen and oxygen atoms in total. The molecule has 0 spiro atoms. The molecule has 32 heavy (non-hydrogen) atoms. The van der Waals surface area contributed by atoms with E-state index in [0.29, 0.717) is 43.2 Å². The predicted molar refractivity (Wildman–Crippen MR) is 125 cm³/mol. The Morgan fingerprint density at radius 3 is 2.22 bits per heavy atom. The van der Waals surface area contributed by atoms with Gasteiger partial charge < -0.3 is 14.4 Å². The lowest BCUT2D eigenvalue weighted by molar-refractivity contribution is 0.0258. The van der Waals surface area contributed by atoms with Crippen molar-refractivity contribution in [2.75, 3.05) is 24.9 Å². The van der Waals surface area contributed by atoms with Crippen LogP contribution in [0.1, 0.15) is 37.5 Å². The molecule has 1 N–H and O–H groups in total. The maximum absolute atomic E-state index is 12.9. The van der Waals surface area contributed by atoms with Crippen LogP contribution in [-0.4, -0.2) is 45.2 Å². The lowest BCUT2D eigenvalue weighted by Crippen LogP contribution is -2.38. The van der Waals surface area contributed by atoms with Crippen LogP contribution in [0.4, 0.5) is 10.5 Å². The Hall–Kier alpha value is -2.45. The largest absolute Gasteiger partial charge is 0.495 e. The maximum atomic E-state index is 12.9. The van der Waals surface area contributed by atoms with Gasteiger partial charge in [0.05, 0.1) is 17.7 Å². The molecule has 0 radical (unpaired) electrons. The highest BCUT2D eigenvalue weighted by Gasteiger charge is 2.25. The monoisotopic (exact) mass is 480 g/mol. The summed E-state index contributed by atoms with van der Waals surface area (Å²) >= 11 is 5.79. The SMILES string of the molecule is COc1cc2c(cc1NS(=O)(=O)c1ccc(CCl)cc1)CCN(C(=O)OC(C)(C)C)CC2. The van der Waals surface area contributed by atoms with Crippen LogP contribution in [0.3, 0.4) is 0 Å². The highest BCUT2D eigenvalue weighted by atomic mass is 35.5. The van der Waals surface area contributed by atoms with E-state index in [0.717, 1.165) is 16.7 Å². The van der Waals surface area contributed by atoms with Gasteiger partial charge in [-0.3, -0.25) is 4.72 Å². The molecule has 1 heterocycles. The number of rotatable bonds is 5. The van der Waals surface area contributed by atoms with Gasteiger partial charge in [-0.2, -0.15) is 0 Å². The molecule has 2 aromatic rings.